The maximum absolute atomic E-state index is 13.0. The number of piperazine rings is 6. The lowest BCUT2D eigenvalue weighted by Gasteiger charge is -2.36. The summed E-state index contributed by atoms with van der Waals surface area (Å²) in [4.78, 5) is 145. The van der Waals surface area contributed by atoms with Gasteiger partial charge in [-0.25, -0.2) is 29.3 Å². The summed E-state index contributed by atoms with van der Waals surface area (Å²) in [5.41, 5.74) is 4.57. The van der Waals surface area contributed by atoms with Crippen molar-refractivity contribution in [2.45, 2.75) is 122 Å². The summed E-state index contributed by atoms with van der Waals surface area (Å²) in [7, 11) is 0. The Bertz CT molecular complexity index is 5570. The fourth-order valence-corrected chi connectivity index (χ4v) is 18.7. The summed E-state index contributed by atoms with van der Waals surface area (Å²) in [6.45, 7) is 47.3. The molecule has 5 aromatic heterocycles. The molecule has 0 saturated carbocycles. The Morgan fingerprint density at radius 1 is 0.412 bits per heavy atom. The number of rotatable bonds is 21. The number of para-hydroxylation sites is 3. The van der Waals surface area contributed by atoms with Crippen LogP contribution in [-0.2, 0) is 70.7 Å². The third-order valence-electron chi connectivity index (χ3n) is 23.9. The summed E-state index contributed by atoms with van der Waals surface area (Å²) in [5, 5.41) is 6.50. The molecule has 0 spiro atoms. The second-order valence-corrected chi connectivity index (χ2v) is 39.9. The van der Waals surface area contributed by atoms with Crippen molar-refractivity contribution in [3.05, 3.63) is 170 Å². The van der Waals surface area contributed by atoms with E-state index in [1.165, 1.54) is 40.4 Å². The van der Waals surface area contributed by atoms with Crippen LogP contribution in [0.5, 0.6) is 0 Å². The first-order valence-corrected chi connectivity index (χ1v) is 49.5. The minimum absolute atomic E-state index is 0.00126. The number of thiazole rings is 2. The van der Waals surface area contributed by atoms with E-state index in [1.807, 2.05) is 179 Å². The zero-order valence-corrected chi connectivity index (χ0v) is 83.9. The Balaban J connectivity index is 0.000000157. The Morgan fingerprint density at radius 2 is 0.794 bits per heavy atom. The predicted molar refractivity (Wildman–Crippen MR) is 527 cm³/mol. The van der Waals surface area contributed by atoms with E-state index in [9.17, 15) is 55.9 Å². The van der Waals surface area contributed by atoms with Crippen molar-refractivity contribution in [3.63, 3.8) is 0 Å². The van der Waals surface area contributed by atoms with Crippen molar-refractivity contribution in [1.82, 2.24) is 83.7 Å². The van der Waals surface area contributed by atoms with Crippen LogP contribution in [-0.4, -0.2) is 308 Å². The quantitative estimate of drug-likeness (QED) is 0.0654. The van der Waals surface area contributed by atoms with E-state index in [1.54, 1.807) is 46.6 Å². The first kappa shape index (κ1) is 107. The van der Waals surface area contributed by atoms with Crippen LogP contribution in [0, 0.1) is 41.3 Å². The molecular formula is C98H128Cl3F4N19O10S2. The topological polar surface area (TPSA) is 281 Å². The molecule has 136 heavy (non-hydrogen) atoms. The first-order chi connectivity index (χ1) is 64.8. The second-order valence-electron chi connectivity index (χ2n) is 36.3. The monoisotopic (exact) mass is 1980 g/mol. The summed E-state index contributed by atoms with van der Waals surface area (Å²) >= 11 is 21.0. The van der Waals surface area contributed by atoms with Crippen LogP contribution in [0.1, 0.15) is 117 Å². The first-order valence-electron chi connectivity index (χ1n) is 46.8. The number of likely N-dealkylation sites (N-methyl/N-ethyl adjacent to an activating group) is 1. The number of nitrogens with one attached hydrogen (secondary N) is 1. The predicted octanol–water partition coefficient (Wildman–Crippen LogP) is 15.2. The number of alkyl halides is 3. The zero-order chi connectivity index (χ0) is 98.2. The summed E-state index contributed by atoms with van der Waals surface area (Å²) in [6.07, 6.45) is -2.86. The molecule has 11 heterocycles. The number of anilines is 2. The SMILES string of the molecule is CC(C)C(=O)N1CCN(CC(=O)Nc2ccc(Cl)cn2)CC1.CC(C)C(=O)N1CCN(Cc2nc3cc(C(F)(F)F)ccc3s2)CC1.CC(C)C(=O)N1CCN(Cc2nc3cc(Cl)ccc3s2)CC1.CC(C)C(=O)N1CCN(Cc2nc3cccc(Cl)c3o2)CC1.CC(C)C(=O)N1CCN(Cc2nc3ccccc3o2)CC1.CCN(C(=O)CN1CCN(C(=O)C(C)C)CC1)c1ccc(F)cc1. The molecule has 0 unspecified atom stereocenters. The minimum Gasteiger partial charge on any atom is -0.439 e. The van der Waals surface area contributed by atoms with Crippen molar-refractivity contribution >= 4 is 159 Å². The number of nitrogens with zero attached hydrogens (tertiary/aromatic N) is 18. The summed E-state index contributed by atoms with van der Waals surface area (Å²) in [5.74, 6) is 2.97. The molecule has 6 aliphatic heterocycles. The highest BCUT2D eigenvalue weighted by Gasteiger charge is 2.34. The Kier molecular flexibility index (Phi) is 39.6. The average molecular weight is 1980 g/mol. The van der Waals surface area contributed by atoms with Gasteiger partial charge in [0.1, 0.15) is 32.7 Å². The molecule has 8 amide bonds. The number of oxazole rings is 2. The van der Waals surface area contributed by atoms with Crippen LogP contribution in [0.25, 0.3) is 42.6 Å². The lowest BCUT2D eigenvalue weighted by Crippen LogP contribution is -2.52. The van der Waals surface area contributed by atoms with Crippen LogP contribution in [0.3, 0.4) is 0 Å². The van der Waals surface area contributed by atoms with Crippen LogP contribution in [0.2, 0.25) is 15.1 Å². The molecule has 6 fully saturated rings. The smallest absolute Gasteiger partial charge is 0.416 e. The van der Waals surface area contributed by atoms with E-state index >= 15 is 0 Å². The van der Waals surface area contributed by atoms with Gasteiger partial charge in [-0.3, -0.25) is 67.8 Å². The summed E-state index contributed by atoms with van der Waals surface area (Å²) < 4.78 is 64.8. The number of amides is 8. The van der Waals surface area contributed by atoms with Gasteiger partial charge in [0.05, 0.1) is 75.3 Å². The van der Waals surface area contributed by atoms with Gasteiger partial charge in [-0.1, -0.05) is 136 Å². The largest absolute Gasteiger partial charge is 0.439 e. The highest BCUT2D eigenvalue weighted by molar-refractivity contribution is 7.18. The lowest BCUT2D eigenvalue weighted by atomic mass is 10.1. The number of aromatic nitrogens is 5. The molecule has 38 heteroatoms. The van der Waals surface area contributed by atoms with E-state index in [-0.39, 0.29) is 88.6 Å². The number of pyridine rings is 1. The number of fused-ring (bicyclic) bond motifs is 4. The molecule has 0 aliphatic carbocycles. The van der Waals surface area contributed by atoms with Crippen LogP contribution in [0.4, 0.5) is 29.1 Å². The number of carbonyl (C=O) groups is 8. The molecular weight excluding hydrogens is 1850 g/mol. The minimum atomic E-state index is -4.35. The molecule has 16 rings (SSSR count). The van der Waals surface area contributed by atoms with E-state index in [2.05, 4.69) is 54.7 Å². The molecule has 6 saturated heterocycles. The van der Waals surface area contributed by atoms with E-state index in [0.29, 0.717) is 143 Å². The van der Waals surface area contributed by atoms with Gasteiger partial charge in [0, 0.05) is 216 Å². The Hall–Kier alpha value is -9.92. The number of carbonyl (C=O) groups excluding carboxylic acids is 8. The maximum atomic E-state index is 13.0. The van der Waals surface area contributed by atoms with Gasteiger partial charge in [0.2, 0.25) is 59.0 Å². The normalized spacial score (nSPS) is 16.4. The van der Waals surface area contributed by atoms with Crippen LogP contribution < -0.4 is 10.2 Å². The molecule has 29 nitrogen and oxygen atoms in total. The fourth-order valence-electron chi connectivity index (χ4n) is 16.2. The number of benzene rings is 5. The second kappa shape index (κ2) is 50.6. The number of hydrogen-bond donors (Lipinski definition) is 1. The van der Waals surface area contributed by atoms with Gasteiger partial charge in [-0.15, -0.1) is 22.7 Å². The molecule has 0 atom stereocenters. The molecule has 1 N–H and O–H groups in total. The van der Waals surface area contributed by atoms with E-state index < -0.39 is 11.7 Å². The van der Waals surface area contributed by atoms with Gasteiger partial charge in [-0.2, -0.15) is 13.2 Å². The van der Waals surface area contributed by atoms with Gasteiger partial charge < -0.3 is 48.5 Å². The Morgan fingerprint density at radius 3 is 1.20 bits per heavy atom. The average Bonchev–Trinajstić information content (AvgIpc) is 1.73. The molecule has 6 aliphatic rings. The number of halogens is 7. The molecule has 0 radical (unpaired) electrons. The highest BCUT2D eigenvalue weighted by Crippen LogP contribution is 2.35. The third-order valence-corrected chi connectivity index (χ3v) is 26.7. The van der Waals surface area contributed by atoms with Crippen molar-refractivity contribution in [3.8, 4) is 0 Å². The van der Waals surface area contributed by atoms with Crippen molar-refractivity contribution < 1.29 is 64.8 Å². The van der Waals surface area contributed by atoms with Gasteiger partial charge in [0.25, 0.3) is 0 Å². The fraction of sp³-hybridized carbons (Fsp3) is 0.520. The summed E-state index contributed by atoms with van der Waals surface area (Å²) in [6, 6.07) is 32.2. The van der Waals surface area contributed by atoms with E-state index in [0.717, 1.165) is 158 Å². The van der Waals surface area contributed by atoms with Crippen molar-refractivity contribution in [1.29, 1.82) is 0 Å². The van der Waals surface area contributed by atoms with Crippen molar-refractivity contribution in [2.75, 3.05) is 187 Å². The van der Waals surface area contributed by atoms with Crippen LogP contribution >= 0.6 is 57.5 Å². The van der Waals surface area contributed by atoms with Gasteiger partial charge in [-0.05, 0) is 104 Å². The lowest BCUT2D eigenvalue weighted by molar-refractivity contribution is -0.138. The molecule has 0 bridgehead atoms. The Labute approximate surface area is 816 Å². The zero-order valence-electron chi connectivity index (χ0n) is 80.0. The highest BCUT2D eigenvalue weighted by atomic mass is 35.5. The standard InChI is InChI=1S/C18H26FN3O2.C17H20F3N3OS.C16H20ClN3O2.C16H20ClN3OS.C16H21N3O2.C15H21ClN4O2/c1-4-22(16-7-5-15(19)6-8-16)17(23)13-20-9-11-21(12-10-20)18(24)14(2)3;1-11(2)16(24)23-7-5-22(6-8-23)10-15-21-13-9-12(17(18,19)20)3-4-14(13)25-15;1-11(2)16(21)20-8-6-19(7-9-20)10-14-18-13-5-3-4-12(17)15(13)22-14;1-11(2)16(21)20-7-5-19(6-8-20)10-15-18-13-9-12(17)3-4-14(13)22-15;1-12(2)16(20)19-9-7-18(8-10-19)11-15-17-13-5-3-4-6-14(13)21-15;1-11(2)15(22)20-7-5-19(6-8-20)10-14(21)18-13-4-3-12(16)9-17-13/h5-8,14H,4,9-13H2,1-3H3;3-4,9,11H,5-8,10H2,1-2H3;3-5,11H,6-10H2,1-2H3;3-4,9,11H,5-8,10H2,1-2H3;3-6,12H,7-11H2,1-2H3;3-4,9,11H,5-8,10H2,1-2H3,(H,17,18,21). The van der Waals surface area contributed by atoms with E-state index in [4.69, 9.17) is 43.6 Å². The van der Waals surface area contributed by atoms with Crippen molar-refractivity contribution in [2.24, 2.45) is 35.5 Å². The maximum Gasteiger partial charge on any atom is 0.416 e. The molecule has 10 aromatic rings. The van der Waals surface area contributed by atoms with Crippen LogP contribution in [0.15, 0.2) is 130 Å². The molecule has 736 valence electrons. The third kappa shape index (κ3) is 31.3. The molecule has 5 aromatic carbocycles. The van der Waals surface area contributed by atoms with Gasteiger partial charge >= 0.3 is 6.18 Å². The number of hydrogen-bond acceptors (Lipinski definition) is 23. The van der Waals surface area contributed by atoms with Gasteiger partial charge in [0.15, 0.2) is 11.2 Å².